The fourth-order valence-electron chi connectivity index (χ4n) is 3.84. The van der Waals surface area contributed by atoms with Crippen LogP contribution in [0.15, 0.2) is 24.3 Å². The van der Waals surface area contributed by atoms with Crippen molar-refractivity contribution in [1.82, 2.24) is 15.1 Å². The van der Waals surface area contributed by atoms with E-state index in [1.54, 1.807) is 17.0 Å². The molecule has 26 heavy (non-hydrogen) atoms. The van der Waals surface area contributed by atoms with Crippen molar-refractivity contribution in [3.63, 3.8) is 0 Å². The van der Waals surface area contributed by atoms with Crippen LogP contribution in [0.25, 0.3) is 0 Å². The third-order valence-electron chi connectivity index (χ3n) is 5.33. The molecule has 0 bridgehead atoms. The zero-order valence-electron chi connectivity index (χ0n) is 15.3. The summed E-state index contributed by atoms with van der Waals surface area (Å²) < 4.78 is 13.3. The maximum absolute atomic E-state index is 13.3. The van der Waals surface area contributed by atoms with Gasteiger partial charge in [0.1, 0.15) is 5.82 Å². The van der Waals surface area contributed by atoms with E-state index in [9.17, 15) is 14.0 Å². The SMILES string of the molecule is O=C(CN1CCCCCC1=O)NC[C@@H](c1ccc(F)cc1)N1CCCC1. The molecule has 1 atom stereocenters. The van der Waals surface area contributed by atoms with E-state index >= 15 is 0 Å². The van der Waals surface area contributed by atoms with Crippen LogP contribution in [-0.2, 0) is 9.59 Å². The van der Waals surface area contributed by atoms with Crippen molar-refractivity contribution >= 4 is 11.8 Å². The smallest absolute Gasteiger partial charge is 0.239 e. The number of amides is 2. The lowest BCUT2D eigenvalue weighted by molar-refractivity contribution is -0.135. The normalized spacial score (nSPS) is 20.0. The third-order valence-corrected chi connectivity index (χ3v) is 5.33. The van der Waals surface area contributed by atoms with Crippen LogP contribution in [-0.4, -0.2) is 54.3 Å². The number of benzene rings is 1. The van der Waals surface area contributed by atoms with Crippen LogP contribution in [0.1, 0.15) is 50.1 Å². The Balaban J connectivity index is 1.59. The maximum atomic E-state index is 13.3. The van der Waals surface area contributed by atoms with Gasteiger partial charge in [-0.1, -0.05) is 18.6 Å². The Morgan fingerprint density at radius 1 is 1.04 bits per heavy atom. The van der Waals surface area contributed by atoms with E-state index < -0.39 is 0 Å². The van der Waals surface area contributed by atoms with Crippen LogP contribution in [0, 0.1) is 5.82 Å². The molecule has 0 unspecified atom stereocenters. The van der Waals surface area contributed by atoms with Crippen molar-refractivity contribution in [2.75, 3.05) is 32.7 Å². The molecule has 1 aromatic rings. The summed E-state index contributed by atoms with van der Waals surface area (Å²) in [6.07, 6.45) is 5.76. The van der Waals surface area contributed by atoms with Crippen LogP contribution in [0.4, 0.5) is 4.39 Å². The largest absolute Gasteiger partial charge is 0.353 e. The van der Waals surface area contributed by atoms with E-state index in [1.165, 1.54) is 12.1 Å². The molecule has 0 aromatic heterocycles. The summed E-state index contributed by atoms with van der Waals surface area (Å²) >= 11 is 0. The average Bonchev–Trinajstić information content (AvgIpc) is 3.08. The highest BCUT2D eigenvalue weighted by Crippen LogP contribution is 2.24. The molecule has 2 fully saturated rings. The molecule has 5 nitrogen and oxygen atoms in total. The van der Waals surface area contributed by atoms with Gasteiger partial charge in [-0.15, -0.1) is 0 Å². The van der Waals surface area contributed by atoms with E-state index in [0.29, 0.717) is 19.5 Å². The Morgan fingerprint density at radius 2 is 1.73 bits per heavy atom. The van der Waals surface area contributed by atoms with Gasteiger partial charge in [0.25, 0.3) is 0 Å². The Hall–Kier alpha value is -1.95. The number of carbonyl (C=O) groups excluding carboxylic acids is 2. The number of likely N-dealkylation sites (tertiary alicyclic amines) is 2. The van der Waals surface area contributed by atoms with Gasteiger partial charge in [-0.05, 0) is 56.5 Å². The molecule has 1 aromatic carbocycles. The molecule has 2 heterocycles. The first-order chi connectivity index (χ1) is 12.6. The molecule has 0 radical (unpaired) electrons. The lowest BCUT2D eigenvalue weighted by Crippen LogP contribution is -2.43. The summed E-state index contributed by atoms with van der Waals surface area (Å²) in [6.45, 7) is 3.26. The van der Waals surface area contributed by atoms with Crippen LogP contribution in [0.5, 0.6) is 0 Å². The van der Waals surface area contributed by atoms with Crippen LogP contribution < -0.4 is 5.32 Å². The number of nitrogens with zero attached hydrogens (tertiary/aromatic N) is 2. The van der Waals surface area contributed by atoms with Crippen molar-refractivity contribution in [2.24, 2.45) is 0 Å². The van der Waals surface area contributed by atoms with Gasteiger partial charge >= 0.3 is 0 Å². The molecule has 142 valence electrons. The molecule has 1 N–H and O–H groups in total. The summed E-state index contributed by atoms with van der Waals surface area (Å²) in [7, 11) is 0. The van der Waals surface area contributed by atoms with Crippen LogP contribution >= 0.6 is 0 Å². The quantitative estimate of drug-likeness (QED) is 0.847. The third kappa shape index (κ3) is 5.04. The van der Waals surface area contributed by atoms with Crippen molar-refractivity contribution < 1.29 is 14.0 Å². The van der Waals surface area contributed by atoms with Gasteiger partial charge in [-0.25, -0.2) is 4.39 Å². The number of nitrogens with one attached hydrogen (secondary N) is 1. The lowest BCUT2D eigenvalue weighted by Gasteiger charge is -2.29. The summed E-state index contributed by atoms with van der Waals surface area (Å²) in [4.78, 5) is 28.5. The Morgan fingerprint density at radius 3 is 2.46 bits per heavy atom. The van der Waals surface area contributed by atoms with Crippen molar-refractivity contribution in [1.29, 1.82) is 0 Å². The highest BCUT2D eigenvalue weighted by atomic mass is 19.1. The van der Waals surface area contributed by atoms with E-state index in [2.05, 4.69) is 10.2 Å². The van der Waals surface area contributed by atoms with E-state index in [0.717, 1.165) is 50.8 Å². The minimum Gasteiger partial charge on any atom is -0.353 e. The highest BCUT2D eigenvalue weighted by Gasteiger charge is 2.25. The average molecular weight is 361 g/mol. The van der Waals surface area contributed by atoms with Crippen molar-refractivity contribution in [3.05, 3.63) is 35.6 Å². The maximum Gasteiger partial charge on any atom is 0.239 e. The molecule has 2 amide bonds. The predicted octanol–water partition coefficient (Wildman–Crippen LogP) is 2.48. The van der Waals surface area contributed by atoms with Crippen molar-refractivity contribution in [3.8, 4) is 0 Å². The molecule has 3 rings (SSSR count). The second kappa shape index (κ2) is 9.12. The summed E-state index contributed by atoms with van der Waals surface area (Å²) in [6, 6.07) is 6.57. The molecule has 0 aliphatic carbocycles. The molecule has 0 spiro atoms. The Labute approximate surface area is 154 Å². The molecule has 2 saturated heterocycles. The fraction of sp³-hybridized carbons (Fsp3) is 0.600. The van der Waals surface area contributed by atoms with Gasteiger partial charge in [0, 0.05) is 19.5 Å². The van der Waals surface area contributed by atoms with Gasteiger partial charge in [0.2, 0.25) is 11.8 Å². The van der Waals surface area contributed by atoms with Gasteiger partial charge in [-0.2, -0.15) is 0 Å². The number of carbonyl (C=O) groups is 2. The minimum absolute atomic E-state index is 0.0434. The first-order valence-electron chi connectivity index (χ1n) is 9.67. The zero-order chi connectivity index (χ0) is 18.4. The first kappa shape index (κ1) is 18.8. The van der Waals surface area contributed by atoms with E-state index in [-0.39, 0.29) is 30.2 Å². The minimum atomic E-state index is -0.252. The Kier molecular flexibility index (Phi) is 6.61. The summed E-state index contributed by atoms with van der Waals surface area (Å²) in [5, 5.41) is 2.99. The second-order valence-electron chi connectivity index (χ2n) is 7.24. The number of halogens is 1. The van der Waals surface area contributed by atoms with Gasteiger partial charge in [0.15, 0.2) is 0 Å². The van der Waals surface area contributed by atoms with Gasteiger partial charge < -0.3 is 10.2 Å². The monoisotopic (exact) mass is 361 g/mol. The number of hydrogen-bond donors (Lipinski definition) is 1. The topological polar surface area (TPSA) is 52.7 Å². The lowest BCUT2D eigenvalue weighted by atomic mass is 10.1. The number of rotatable bonds is 6. The fourth-order valence-corrected chi connectivity index (χ4v) is 3.84. The Bertz CT molecular complexity index is 614. The molecular formula is C20H28FN3O2. The van der Waals surface area contributed by atoms with E-state index in [4.69, 9.17) is 0 Å². The first-order valence-corrected chi connectivity index (χ1v) is 9.67. The predicted molar refractivity (Wildman–Crippen MR) is 98.0 cm³/mol. The second-order valence-corrected chi connectivity index (χ2v) is 7.24. The van der Waals surface area contributed by atoms with Crippen molar-refractivity contribution in [2.45, 2.75) is 44.6 Å². The standard InChI is InChI=1S/C20H28FN3O2/c21-17-9-7-16(8-10-17)18(23-11-4-5-12-23)14-22-19(25)15-24-13-3-1-2-6-20(24)26/h7-10,18H,1-6,11-15H2,(H,22,25)/t18-/m0/s1. The van der Waals surface area contributed by atoms with Crippen LogP contribution in [0.3, 0.4) is 0 Å². The molecule has 0 saturated carbocycles. The highest BCUT2D eigenvalue weighted by molar-refractivity contribution is 5.84. The van der Waals surface area contributed by atoms with Gasteiger partial charge in [-0.3, -0.25) is 14.5 Å². The van der Waals surface area contributed by atoms with Crippen LogP contribution in [0.2, 0.25) is 0 Å². The number of hydrogen-bond acceptors (Lipinski definition) is 3. The van der Waals surface area contributed by atoms with E-state index in [1.807, 2.05) is 0 Å². The molecule has 2 aliphatic rings. The molecule has 6 heteroatoms. The summed E-state index contributed by atoms with van der Waals surface area (Å²) in [5.41, 5.74) is 1.01. The molecule has 2 aliphatic heterocycles. The molecular weight excluding hydrogens is 333 g/mol. The zero-order valence-corrected chi connectivity index (χ0v) is 15.3. The van der Waals surface area contributed by atoms with Gasteiger partial charge in [0.05, 0.1) is 12.6 Å². The summed E-state index contributed by atoms with van der Waals surface area (Å²) in [5.74, 6) is -0.295.